The van der Waals surface area contributed by atoms with Crippen LogP contribution in [-0.2, 0) is 4.79 Å². The molecule has 1 heterocycles. The topological polar surface area (TPSA) is 82.4 Å². The molecule has 1 saturated heterocycles. The minimum absolute atomic E-state index is 0.0449. The summed E-state index contributed by atoms with van der Waals surface area (Å²) in [6, 6.07) is 13.7. The highest BCUT2D eigenvalue weighted by atomic mass is 16.5. The molecule has 6 heteroatoms. The number of rotatable bonds is 4. The van der Waals surface area contributed by atoms with E-state index >= 15 is 0 Å². The Morgan fingerprint density at radius 3 is 2.80 bits per heavy atom. The summed E-state index contributed by atoms with van der Waals surface area (Å²) in [5.41, 5.74) is 2.02. The van der Waals surface area contributed by atoms with Gasteiger partial charge in [-0.1, -0.05) is 6.07 Å². The molecule has 0 unspecified atom stereocenters. The Bertz CT molecular complexity index is 870. The molecule has 0 spiro atoms. The number of benzene rings is 2. The molecule has 1 N–H and O–H groups in total. The lowest BCUT2D eigenvalue weighted by Crippen LogP contribution is -2.24. The lowest BCUT2D eigenvalue weighted by molar-refractivity contribution is -0.117. The molecule has 2 aromatic carbocycles. The Labute approximate surface area is 145 Å². The number of anilines is 2. The molecule has 0 aromatic heterocycles. The quantitative estimate of drug-likeness (QED) is 0.931. The molecule has 6 nitrogen and oxygen atoms in total. The first-order valence-electron chi connectivity index (χ1n) is 7.92. The average Bonchev–Trinajstić information content (AvgIpc) is 3.07. The zero-order valence-electron chi connectivity index (χ0n) is 13.8. The van der Waals surface area contributed by atoms with E-state index in [0.717, 1.165) is 6.42 Å². The third-order valence-corrected chi connectivity index (χ3v) is 4.05. The van der Waals surface area contributed by atoms with Crippen LogP contribution >= 0.6 is 0 Å². The van der Waals surface area contributed by atoms with Gasteiger partial charge in [0.25, 0.3) is 5.91 Å². The van der Waals surface area contributed by atoms with Gasteiger partial charge in [-0.3, -0.25) is 9.59 Å². The van der Waals surface area contributed by atoms with Gasteiger partial charge in [0, 0.05) is 24.2 Å². The van der Waals surface area contributed by atoms with E-state index in [2.05, 4.69) is 5.32 Å². The molecular formula is C19H17N3O3. The van der Waals surface area contributed by atoms with Crippen molar-refractivity contribution in [3.8, 4) is 11.8 Å². The highest BCUT2D eigenvalue weighted by molar-refractivity contribution is 6.05. The van der Waals surface area contributed by atoms with Gasteiger partial charge in [-0.15, -0.1) is 0 Å². The van der Waals surface area contributed by atoms with Crippen molar-refractivity contribution in [2.75, 3.05) is 23.9 Å². The Balaban J connectivity index is 1.86. The predicted octanol–water partition coefficient (Wildman–Crippen LogP) is 2.95. The van der Waals surface area contributed by atoms with Crippen LogP contribution in [0.2, 0.25) is 0 Å². The molecule has 2 aromatic rings. The first-order valence-corrected chi connectivity index (χ1v) is 7.92. The van der Waals surface area contributed by atoms with Crippen LogP contribution in [0.3, 0.4) is 0 Å². The van der Waals surface area contributed by atoms with Crippen molar-refractivity contribution >= 4 is 23.2 Å². The maximum atomic E-state index is 12.4. The van der Waals surface area contributed by atoms with Crippen molar-refractivity contribution in [2.45, 2.75) is 12.8 Å². The lowest BCUT2D eigenvalue weighted by Gasteiger charge is -2.20. The van der Waals surface area contributed by atoms with Gasteiger partial charge in [0.1, 0.15) is 5.75 Å². The summed E-state index contributed by atoms with van der Waals surface area (Å²) >= 11 is 0. The molecule has 0 atom stereocenters. The van der Waals surface area contributed by atoms with E-state index in [0.29, 0.717) is 41.2 Å². The van der Waals surface area contributed by atoms with Crippen LogP contribution in [0.15, 0.2) is 42.5 Å². The average molecular weight is 335 g/mol. The van der Waals surface area contributed by atoms with Crippen LogP contribution in [0.4, 0.5) is 11.4 Å². The van der Waals surface area contributed by atoms with Gasteiger partial charge in [-0.05, 0) is 42.8 Å². The first kappa shape index (κ1) is 16.5. The maximum absolute atomic E-state index is 12.4. The molecule has 1 fully saturated rings. The monoisotopic (exact) mass is 335 g/mol. The predicted molar refractivity (Wildman–Crippen MR) is 93.7 cm³/mol. The molecule has 2 amide bonds. The second-order valence-electron chi connectivity index (χ2n) is 5.68. The van der Waals surface area contributed by atoms with E-state index in [9.17, 15) is 9.59 Å². The van der Waals surface area contributed by atoms with Crippen LogP contribution in [0, 0.1) is 11.3 Å². The summed E-state index contributed by atoms with van der Waals surface area (Å²) in [4.78, 5) is 26.1. The van der Waals surface area contributed by atoms with E-state index in [-0.39, 0.29) is 11.8 Å². The van der Waals surface area contributed by atoms with Crippen LogP contribution in [0.5, 0.6) is 5.75 Å². The van der Waals surface area contributed by atoms with Gasteiger partial charge in [-0.2, -0.15) is 5.26 Å². The highest BCUT2D eigenvalue weighted by Gasteiger charge is 2.25. The second kappa shape index (κ2) is 7.05. The van der Waals surface area contributed by atoms with E-state index in [1.807, 2.05) is 6.07 Å². The van der Waals surface area contributed by atoms with Gasteiger partial charge in [0.2, 0.25) is 5.91 Å². The minimum Gasteiger partial charge on any atom is -0.495 e. The van der Waals surface area contributed by atoms with Crippen molar-refractivity contribution < 1.29 is 14.3 Å². The summed E-state index contributed by atoms with van der Waals surface area (Å²) in [5.74, 6) is 0.309. The van der Waals surface area contributed by atoms with Gasteiger partial charge in [0.05, 0.1) is 24.4 Å². The zero-order chi connectivity index (χ0) is 17.8. The second-order valence-corrected chi connectivity index (χ2v) is 5.68. The maximum Gasteiger partial charge on any atom is 0.255 e. The summed E-state index contributed by atoms with van der Waals surface area (Å²) < 4.78 is 5.34. The van der Waals surface area contributed by atoms with Crippen molar-refractivity contribution in [3.05, 3.63) is 53.6 Å². The normalized spacial score (nSPS) is 13.4. The number of hydrogen-bond donors (Lipinski definition) is 1. The molecule has 0 saturated carbocycles. The molecule has 0 aliphatic carbocycles. The number of hydrogen-bond acceptors (Lipinski definition) is 4. The SMILES string of the molecule is COc1ccc(NC(=O)c2cccc(C#N)c2)cc1N1CCCC1=O. The number of nitriles is 1. The van der Waals surface area contributed by atoms with Crippen LogP contribution in [-0.4, -0.2) is 25.5 Å². The molecule has 0 radical (unpaired) electrons. The van der Waals surface area contributed by atoms with E-state index in [1.165, 1.54) is 6.07 Å². The van der Waals surface area contributed by atoms with E-state index in [1.54, 1.807) is 48.4 Å². The number of nitrogens with one attached hydrogen (secondary N) is 1. The molecule has 1 aliphatic heterocycles. The van der Waals surface area contributed by atoms with Crippen molar-refractivity contribution in [3.63, 3.8) is 0 Å². The number of carbonyl (C=O) groups excluding carboxylic acids is 2. The molecule has 126 valence electrons. The summed E-state index contributed by atoms with van der Waals surface area (Å²) in [5, 5.41) is 11.7. The highest BCUT2D eigenvalue weighted by Crippen LogP contribution is 2.34. The van der Waals surface area contributed by atoms with Crippen molar-refractivity contribution in [1.82, 2.24) is 0 Å². The Morgan fingerprint density at radius 1 is 1.28 bits per heavy atom. The molecule has 25 heavy (non-hydrogen) atoms. The zero-order valence-corrected chi connectivity index (χ0v) is 13.8. The summed E-state index contributed by atoms with van der Waals surface area (Å²) in [6.45, 7) is 0.636. The fourth-order valence-electron chi connectivity index (χ4n) is 2.81. The smallest absolute Gasteiger partial charge is 0.255 e. The molecular weight excluding hydrogens is 318 g/mol. The number of ether oxygens (including phenoxy) is 1. The fraction of sp³-hybridized carbons (Fsp3) is 0.211. The van der Waals surface area contributed by atoms with Gasteiger partial charge < -0.3 is 15.0 Å². The van der Waals surface area contributed by atoms with Crippen molar-refractivity contribution in [2.24, 2.45) is 0 Å². The van der Waals surface area contributed by atoms with Crippen LogP contribution in [0.1, 0.15) is 28.8 Å². The number of carbonyl (C=O) groups is 2. The van der Waals surface area contributed by atoms with Crippen LogP contribution < -0.4 is 15.0 Å². The van der Waals surface area contributed by atoms with E-state index in [4.69, 9.17) is 10.00 Å². The summed E-state index contributed by atoms with van der Waals surface area (Å²) in [6.07, 6.45) is 1.32. The standard InChI is InChI=1S/C19H17N3O3/c1-25-17-8-7-15(11-16(17)22-9-3-6-18(22)23)21-19(24)14-5-2-4-13(10-14)12-20/h2,4-5,7-8,10-11H,3,6,9H2,1H3,(H,21,24). The molecule has 3 rings (SSSR count). The third kappa shape index (κ3) is 3.45. The van der Waals surface area contributed by atoms with Crippen molar-refractivity contribution in [1.29, 1.82) is 5.26 Å². The van der Waals surface area contributed by atoms with Gasteiger partial charge in [-0.25, -0.2) is 0 Å². The Hall–Kier alpha value is -3.33. The Kier molecular flexibility index (Phi) is 4.66. The number of methoxy groups -OCH3 is 1. The van der Waals surface area contributed by atoms with Crippen LogP contribution in [0.25, 0.3) is 0 Å². The molecule has 1 aliphatic rings. The lowest BCUT2D eigenvalue weighted by atomic mass is 10.1. The number of amides is 2. The van der Waals surface area contributed by atoms with Gasteiger partial charge in [0.15, 0.2) is 0 Å². The number of nitrogens with zero attached hydrogens (tertiary/aromatic N) is 2. The third-order valence-electron chi connectivity index (χ3n) is 4.05. The van der Waals surface area contributed by atoms with Gasteiger partial charge >= 0.3 is 0 Å². The Morgan fingerprint density at radius 2 is 2.12 bits per heavy atom. The summed E-state index contributed by atoms with van der Waals surface area (Å²) in [7, 11) is 1.55. The molecule has 0 bridgehead atoms. The minimum atomic E-state index is -0.319. The first-order chi connectivity index (χ1) is 12.1. The van der Waals surface area contributed by atoms with E-state index < -0.39 is 0 Å². The largest absolute Gasteiger partial charge is 0.495 e. The fourth-order valence-corrected chi connectivity index (χ4v) is 2.81.